The Kier molecular flexibility index (Phi) is 5.24. The van der Waals surface area contributed by atoms with Gasteiger partial charge in [-0.15, -0.1) is 0 Å². The highest BCUT2D eigenvalue weighted by molar-refractivity contribution is 5.88. The summed E-state index contributed by atoms with van der Waals surface area (Å²) in [4.78, 5) is 0. The summed E-state index contributed by atoms with van der Waals surface area (Å²) in [6.45, 7) is 0. The van der Waals surface area contributed by atoms with Crippen molar-refractivity contribution in [3.8, 4) is 12.1 Å². The van der Waals surface area contributed by atoms with E-state index < -0.39 is 0 Å². The molecule has 2 aromatic carbocycles. The number of hydrazone groups is 1. The van der Waals surface area contributed by atoms with Crippen LogP contribution in [0.5, 0.6) is 0 Å². The number of nitrogens with zero attached hydrogens (tertiary/aromatic N) is 4. The lowest BCUT2D eigenvalue weighted by molar-refractivity contribution is 0.809. The van der Waals surface area contributed by atoms with Crippen LogP contribution in [0.2, 0.25) is 0 Å². The monoisotopic (exact) mass is 326 g/mol. The SMILES string of the molecule is N#CC(C#N)=C1CCC(=NN(c2ccccc2)c2ccccc2)CC1. The third kappa shape index (κ3) is 3.94. The molecule has 1 fully saturated rings. The van der Waals surface area contributed by atoms with Gasteiger partial charge in [0.2, 0.25) is 0 Å². The number of rotatable bonds is 3. The Hall–Kier alpha value is -3.37. The van der Waals surface area contributed by atoms with E-state index in [1.54, 1.807) is 0 Å². The molecule has 1 aliphatic carbocycles. The number of nitriles is 2. The molecule has 0 heterocycles. The van der Waals surface area contributed by atoms with Crippen LogP contribution in [-0.2, 0) is 0 Å². The molecule has 0 aromatic heterocycles. The maximum absolute atomic E-state index is 9.02. The van der Waals surface area contributed by atoms with E-state index in [9.17, 15) is 0 Å². The molecule has 0 saturated heterocycles. The molecule has 3 rings (SSSR count). The van der Waals surface area contributed by atoms with Crippen molar-refractivity contribution >= 4 is 17.1 Å². The molecule has 0 N–H and O–H groups in total. The average Bonchev–Trinajstić information content (AvgIpc) is 2.69. The summed E-state index contributed by atoms with van der Waals surface area (Å²) in [6.07, 6.45) is 3.01. The van der Waals surface area contributed by atoms with Crippen molar-refractivity contribution in [2.45, 2.75) is 25.7 Å². The van der Waals surface area contributed by atoms with E-state index in [1.807, 2.05) is 77.8 Å². The summed E-state index contributed by atoms with van der Waals surface area (Å²) in [5, 5.41) is 24.9. The molecular formula is C21H18N4. The van der Waals surface area contributed by atoms with Gasteiger partial charge in [-0.2, -0.15) is 15.6 Å². The molecule has 0 atom stereocenters. The van der Waals surface area contributed by atoms with E-state index in [2.05, 4.69) is 0 Å². The molecule has 1 aliphatic rings. The lowest BCUT2D eigenvalue weighted by atomic mass is 9.90. The number of para-hydroxylation sites is 2. The molecule has 0 spiro atoms. The highest BCUT2D eigenvalue weighted by atomic mass is 15.5. The summed E-state index contributed by atoms with van der Waals surface area (Å²) in [5.74, 6) is 0. The minimum absolute atomic E-state index is 0.266. The molecule has 0 radical (unpaired) electrons. The molecule has 4 nitrogen and oxygen atoms in total. The van der Waals surface area contributed by atoms with Gasteiger partial charge < -0.3 is 0 Å². The van der Waals surface area contributed by atoms with Gasteiger partial charge in [0.15, 0.2) is 0 Å². The van der Waals surface area contributed by atoms with Crippen LogP contribution in [-0.4, -0.2) is 5.71 Å². The summed E-state index contributed by atoms with van der Waals surface area (Å²) in [6, 6.07) is 24.1. The second kappa shape index (κ2) is 7.95. The first kappa shape index (κ1) is 16.5. The zero-order valence-corrected chi connectivity index (χ0v) is 13.9. The Morgan fingerprint density at radius 2 is 1.24 bits per heavy atom. The summed E-state index contributed by atoms with van der Waals surface area (Å²) >= 11 is 0. The Bertz CT molecular complexity index is 800. The van der Waals surface area contributed by atoms with E-state index in [4.69, 9.17) is 15.6 Å². The van der Waals surface area contributed by atoms with Gasteiger partial charge in [-0.1, -0.05) is 36.4 Å². The normalized spacial score (nSPS) is 13.5. The molecule has 0 bridgehead atoms. The van der Waals surface area contributed by atoms with Crippen LogP contribution in [0.4, 0.5) is 11.4 Å². The molecule has 0 aliphatic heterocycles. The molecule has 0 unspecified atom stereocenters. The predicted octanol–water partition coefficient (Wildman–Crippen LogP) is 5.10. The third-order valence-electron chi connectivity index (χ3n) is 4.25. The number of hydrogen-bond acceptors (Lipinski definition) is 4. The van der Waals surface area contributed by atoms with Crippen LogP contribution in [0.15, 0.2) is 76.9 Å². The quantitative estimate of drug-likeness (QED) is 0.582. The molecule has 4 heteroatoms. The smallest absolute Gasteiger partial charge is 0.128 e. The fourth-order valence-electron chi connectivity index (χ4n) is 2.92. The number of benzene rings is 2. The van der Waals surface area contributed by atoms with Gasteiger partial charge >= 0.3 is 0 Å². The largest absolute Gasteiger partial charge is 0.234 e. The molecule has 1 saturated carbocycles. The fourth-order valence-corrected chi connectivity index (χ4v) is 2.92. The third-order valence-corrected chi connectivity index (χ3v) is 4.25. The summed E-state index contributed by atoms with van der Waals surface area (Å²) < 4.78 is 0. The van der Waals surface area contributed by atoms with Crippen molar-refractivity contribution in [1.82, 2.24) is 0 Å². The van der Waals surface area contributed by atoms with Crippen molar-refractivity contribution in [2.24, 2.45) is 5.10 Å². The number of hydrogen-bond donors (Lipinski definition) is 0. The zero-order valence-electron chi connectivity index (χ0n) is 13.9. The van der Waals surface area contributed by atoms with Gasteiger partial charge in [0.1, 0.15) is 17.7 Å². The summed E-state index contributed by atoms with van der Waals surface area (Å²) in [5.41, 5.74) is 4.33. The predicted molar refractivity (Wildman–Crippen MR) is 99.2 cm³/mol. The number of anilines is 2. The first-order valence-electron chi connectivity index (χ1n) is 8.30. The van der Waals surface area contributed by atoms with Gasteiger partial charge in [-0.3, -0.25) is 0 Å². The molecule has 122 valence electrons. The Labute approximate surface area is 147 Å². The van der Waals surface area contributed by atoms with Crippen LogP contribution in [0, 0.1) is 22.7 Å². The van der Waals surface area contributed by atoms with Crippen molar-refractivity contribution in [3.63, 3.8) is 0 Å². The Morgan fingerprint density at radius 3 is 1.68 bits per heavy atom. The van der Waals surface area contributed by atoms with Crippen LogP contribution < -0.4 is 5.01 Å². The van der Waals surface area contributed by atoms with Gasteiger partial charge in [0, 0.05) is 5.71 Å². The van der Waals surface area contributed by atoms with Gasteiger partial charge in [0.05, 0.1) is 11.4 Å². The van der Waals surface area contributed by atoms with E-state index >= 15 is 0 Å². The minimum Gasteiger partial charge on any atom is -0.234 e. The molecule has 0 amide bonds. The van der Waals surface area contributed by atoms with E-state index in [-0.39, 0.29) is 5.57 Å². The first-order valence-corrected chi connectivity index (χ1v) is 8.30. The molecular weight excluding hydrogens is 308 g/mol. The Balaban J connectivity index is 1.87. The van der Waals surface area contributed by atoms with Gasteiger partial charge in [0.25, 0.3) is 0 Å². The van der Waals surface area contributed by atoms with Crippen molar-refractivity contribution in [3.05, 3.63) is 71.8 Å². The van der Waals surface area contributed by atoms with Gasteiger partial charge in [-0.05, 0) is 55.5 Å². The van der Waals surface area contributed by atoms with Crippen LogP contribution in [0.1, 0.15) is 25.7 Å². The standard InChI is InChI=1S/C21H18N4/c22-15-18(16-23)17-11-13-19(14-12-17)24-25(20-7-3-1-4-8-20)21-9-5-2-6-10-21/h1-10H,11-14H2. The minimum atomic E-state index is 0.266. The highest BCUT2D eigenvalue weighted by Gasteiger charge is 2.17. The van der Waals surface area contributed by atoms with E-state index in [0.717, 1.165) is 48.3 Å². The maximum Gasteiger partial charge on any atom is 0.128 e. The average molecular weight is 326 g/mol. The van der Waals surface area contributed by atoms with Crippen molar-refractivity contribution < 1.29 is 0 Å². The maximum atomic E-state index is 9.02. The van der Waals surface area contributed by atoms with Gasteiger partial charge in [-0.25, -0.2) is 5.01 Å². The van der Waals surface area contributed by atoms with Crippen LogP contribution >= 0.6 is 0 Å². The fraction of sp³-hybridized carbons (Fsp3) is 0.190. The topological polar surface area (TPSA) is 63.2 Å². The summed E-state index contributed by atoms with van der Waals surface area (Å²) in [7, 11) is 0. The van der Waals surface area contributed by atoms with Crippen LogP contribution in [0.3, 0.4) is 0 Å². The number of allylic oxidation sites excluding steroid dienone is 2. The second-order valence-corrected chi connectivity index (χ2v) is 5.85. The first-order chi connectivity index (χ1) is 12.3. The Morgan fingerprint density at radius 1 is 0.760 bits per heavy atom. The molecule has 2 aromatic rings. The lowest BCUT2D eigenvalue weighted by Gasteiger charge is -2.23. The van der Waals surface area contributed by atoms with E-state index in [1.165, 1.54) is 0 Å². The van der Waals surface area contributed by atoms with Crippen molar-refractivity contribution in [2.75, 3.05) is 5.01 Å². The zero-order chi connectivity index (χ0) is 17.5. The van der Waals surface area contributed by atoms with Crippen molar-refractivity contribution in [1.29, 1.82) is 10.5 Å². The molecule has 25 heavy (non-hydrogen) atoms. The second-order valence-electron chi connectivity index (χ2n) is 5.85. The highest BCUT2D eigenvalue weighted by Crippen LogP contribution is 2.29. The lowest BCUT2D eigenvalue weighted by Crippen LogP contribution is -2.16. The van der Waals surface area contributed by atoms with E-state index in [0.29, 0.717) is 0 Å². The van der Waals surface area contributed by atoms with Crippen LogP contribution in [0.25, 0.3) is 0 Å².